The fraction of sp³-hybridized carbons (Fsp3) is 0.300. The summed E-state index contributed by atoms with van der Waals surface area (Å²) in [6.07, 6.45) is 1.57. The van der Waals surface area contributed by atoms with Gasteiger partial charge in [0, 0.05) is 14.1 Å². The molecule has 6 heteroatoms. The van der Waals surface area contributed by atoms with Crippen molar-refractivity contribution in [2.75, 3.05) is 21.2 Å². The maximum absolute atomic E-state index is 11.4. The molecule has 0 aliphatic rings. The molecule has 0 bridgehead atoms. The van der Waals surface area contributed by atoms with Crippen LogP contribution in [-0.4, -0.2) is 43.4 Å². The third-order valence-electron chi connectivity index (χ3n) is 1.65. The molecule has 0 spiro atoms. The first kappa shape index (κ1) is 12.4. The van der Waals surface area contributed by atoms with Crippen molar-refractivity contribution in [2.45, 2.75) is 0 Å². The molecule has 0 unspecified atom stereocenters. The van der Waals surface area contributed by atoms with E-state index in [1.54, 1.807) is 23.4 Å². The van der Waals surface area contributed by atoms with Crippen molar-refractivity contribution in [2.24, 2.45) is 4.99 Å². The minimum absolute atomic E-state index is 0.105. The van der Waals surface area contributed by atoms with Crippen LogP contribution in [0.1, 0.15) is 10.5 Å². The lowest BCUT2D eigenvalue weighted by molar-refractivity contribution is 0.0595. The van der Waals surface area contributed by atoms with Crippen LogP contribution in [0, 0.1) is 0 Å². The number of carbonyl (C=O) groups excluding carboxylic acids is 1. The van der Waals surface area contributed by atoms with Crippen LogP contribution in [-0.2, 0) is 4.74 Å². The Bertz CT molecular complexity index is 419. The van der Waals surface area contributed by atoms with Crippen LogP contribution in [0.4, 0.5) is 5.69 Å². The molecule has 86 valence electrons. The Morgan fingerprint density at radius 2 is 2.25 bits per heavy atom. The van der Waals surface area contributed by atoms with Crippen molar-refractivity contribution in [3.8, 4) is 0 Å². The lowest BCUT2D eigenvalue weighted by Gasteiger charge is -2.05. The van der Waals surface area contributed by atoms with Crippen LogP contribution in [0.15, 0.2) is 17.1 Å². The number of ether oxygens (including phenoxy) is 1. The Hall–Kier alpha value is -1.62. The van der Waals surface area contributed by atoms with Crippen LogP contribution >= 0.6 is 11.6 Å². The van der Waals surface area contributed by atoms with Crippen molar-refractivity contribution in [3.63, 3.8) is 0 Å². The van der Waals surface area contributed by atoms with Crippen LogP contribution in [0.5, 0.6) is 0 Å². The minimum Gasteiger partial charge on any atom is -0.464 e. The molecule has 0 saturated heterocycles. The SMILES string of the molecule is COC(=O)c1nc(Cl)ccc1N=CN(C)C. The van der Waals surface area contributed by atoms with Gasteiger partial charge in [-0.25, -0.2) is 14.8 Å². The van der Waals surface area contributed by atoms with Crippen LogP contribution in [0.25, 0.3) is 0 Å². The van der Waals surface area contributed by atoms with Crippen molar-refractivity contribution in [1.82, 2.24) is 9.88 Å². The number of nitrogens with zero attached hydrogens (tertiary/aromatic N) is 3. The number of methoxy groups -OCH3 is 1. The smallest absolute Gasteiger partial charge is 0.358 e. The van der Waals surface area contributed by atoms with Crippen LogP contribution in [0.2, 0.25) is 5.15 Å². The second-order valence-corrected chi connectivity index (χ2v) is 3.59. The van der Waals surface area contributed by atoms with E-state index in [0.29, 0.717) is 5.69 Å². The maximum atomic E-state index is 11.4. The number of halogens is 1. The molecule has 0 N–H and O–H groups in total. The fourth-order valence-electron chi connectivity index (χ4n) is 0.957. The summed E-state index contributed by atoms with van der Waals surface area (Å²) in [6, 6.07) is 3.18. The molecule has 0 fully saturated rings. The highest BCUT2D eigenvalue weighted by molar-refractivity contribution is 6.29. The number of aliphatic imine (C=N–C) groups is 1. The topological polar surface area (TPSA) is 54.8 Å². The molecule has 1 aromatic rings. The first-order chi connectivity index (χ1) is 7.54. The third kappa shape index (κ3) is 3.20. The summed E-state index contributed by atoms with van der Waals surface area (Å²) in [5.41, 5.74) is 0.526. The first-order valence-corrected chi connectivity index (χ1v) is 4.88. The predicted molar refractivity (Wildman–Crippen MR) is 62.4 cm³/mol. The van der Waals surface area contributed by atoms with Crippen molar-refractivity contribution >= 4 is 29.6 Å². The van der Waals surface area contributed by atoms with E-state index >= 15 is 0 Å². The molecule has 1 rings (SSSR count). The molecule has 0 amide bonds. The van der Waals surface area contributed by atoms with Gasteiger partial charge in [0.25, 0.3) is 0 Å². The van der Waals surface area contributed by atoms with Gasteiger partial charge in [0.1, 0.15) is 5.15 Å². The van der Waals surface area contributed by atoms with Gasteiger partial charge in [-0.05, 0) is 12.1 Å². The van der Waals surface area contributed by atoms with E-state index in [0.717, 1.165) is 0 Å². The third-order valence-corrected chi connectivity index (χ3v) is 1.86. The molecule has 16 heavy (non-hydrogen) atoms. The lowest BCUT2D eigenvalue weighted by atomic mass is 10.3. The van der Waals surface area contributed by atoms with E-state index in [4.69, 9.17) is 11.6 Å². The number of aromatic nitrogens is 1. The summed E-state index contributed by atoms with van der Waals surface area (Å²) in [4.78, 5) is 21.1. The number of hydrogen-bond acceptors (Lipinski definition) is 4. The second-order valence-electron chi connectivity index (χ2n) is 3.20. The quantitative estimate of drug-likeness (QED) is 0.350. The first-order valence-electron chi connectivity index (χ1n) is 4.50. The van der Waals surface area contributed by atoms with E-state index in [1.807, 2.05) is 14.1 Å². The molecule has 0 aromatic carbocycles. The normalized spacial score (nSPS) is 10.5. The zero-order chi connectivity index (χ0) is 12.1. The highest BCUT2D eigenvalue weighted by Crippen LogP contribution is 2.20. The van der Waals surface area contributed by atoms with Gasteiger partial charge < -0.3 is 9.64 Å². The largest absolute Gasteiger partial charge is 0.464 e. The van der Waals surface area contributed by atoms with Crippen molar-refractivity contribution in [1.29, 1.82) is 0 Å². The summed E-state index contributed by atoms with van der Waals surface area (Å²) >= 11 is 5.70. The monoisotopic (exact) mass is 241 g/mol. The summed E-state index contributed by atoms with van der Waals surface area (Å²) in [6.45, 7) is 0. The molecule has 0 radical (unpaired) electrons. The average molecular weight is 242 g/mol. The Balaban J connectivity index is 3.12. The number of esters is 1. The van der Waals surface area contributed by atoms with Crippen molar-refractivity contribution in [3.05, 3.63) is 23.0 Å². The molecular formula is C10H12ClN3O2. The van der Waals surface area contributed by atoms with Crippen LogP contribution in [0.3, 0.4) is 0 Å². The summed E-state index contributed by atoms with van der Waals surface area (Å²) in [7, 11) is 4.93. The van der Waals surface area contributed by atoms with Gasteiger partial charge in [-0.15, -0.1) is 0 Å². The van der Waals surface area contributed by atoms with Crippen molar-refractivity contribution < 1.29 is 9.53 Å². The van der Waals surface area contributed by atoms with E-state index in [9.17, 15) is 4.79 Å². The Morgan fingerprint density at radius 3 is 2.81 bits per heavy atom. The Kier molecular flexibility index (Phi) is 4.25. The Labute approximate surface area is 98.7 Å². The molecule has 0 atom stereocenters. The number of carbonyl (C=O) groups is 1. The lowest BCUT2D eigenvalue weighted by Crippen LogP contribution is -2.08. The molecule has 5 nitrogen and oxygen atoms in total. The summed E-state index contributed by atoms with van der Waals surface area (Å²) in [5, 5.41) is 0.226. The summed E-state index contributed by atoms with van der Waals surface area (Å²) < 4.78 is 4.59. The van der Waals surface area contributed by atoms with Gasteiger partial charge >= 0.3 is 5.97 Å². The molecule has 1 aromatic heterocycles. The van der Waals surface area contributed by atoms with Gasteiger partial charge in [0.15, 0.2) is 5.69 Å². The van der Waals surface area contributed by atoms with Gasteiger partial charge in [-0.1, -0.05) is 11.6 Å². The van der Waals surface area contributed by atoms with E-state index in [1.165, 1.54) is 7.11 Å². The molecule has 0 aliphatic carbocycles. The average Bonchev–Trinajstić information content (AvgIpc) is 2.26. The highest BCUT2D eigenvalue weighted by atomic mass is 35.5. The molecular weight excluding hydrogens is 230 g/mol. The van der Waals surface area contributed by atoms with Gasteiger partial charge in [-0.2, -0.15) is 0 Å². The number of hydrogen-bond donors (Lipinski definition) is 0. The number of pyridine rings is 1. The van der Waals surface area contributed by atoms with E-state index in [2.05, 4.69) is 14.7 Å². The second kappa shape index (κ2) is 5.46. The van der Waals surface area contributed by atoms with Gasteiger partial charge in [0.2, 0.25) is 0 Å². The van der Waals surface area contributed by atoms with Crippen LogP contribution < -0.4 is 0 Å². The van der Waals surface area contributed by atoms with Gasteiger partial charge in [-0.3, -0.25) is 0 Å². The standard InChI is InChI=1S/C10H12ClN3O2/c1-14(2)6-12-7-4-5-8(11)13-9(7)10(15)16-3/h4-6H,1-3H3. The molecule has 0 saturated carbocycles. The van der Waals surface area contributed by atoms with Gasteiger partial charge in [0.05, 0.1) is 19.1 Å². The zero-order valence-electron chi connectivity index (χ0n) is 9.27. The molecule has 1 heterocycles. The maximum Gasteiger partial charge on any atom is 0.358 e. The molecule has 0 aliphatic heterocycles. The predicted octanol–water partition coefficient (Wildman–Crippen LogP) is 1.74. The Morgan fingerprint density at radius 1 is 1.56 bits per heavy atom. The van der Waals surface area contributed by atoms with E-state index < -0.39 is 5.97 Å². The summed E-state index contributed by atoms with van der Waals surface area (Å²) in [5.74, 6) is -0.562. The number of rotatable bonds is 3. The highest BCUT2D eigenvalue weighted by Gasteiger charge is 2.13. The fourth-order valence-corrected chi connectivity index (χ4v) is 1.10. The van der Waals surface area contributed by atoms with E-state index in [-0.39, 0.29) is 10.8 Å². The minimum atomic E-state index is -0.562. The zero-order valence-corrected chi connectivity index (χ0v) is 10.0.